The number of aryl methyl sites for hydroxylation is 3. The third kappa shape index (κ3) is 12.1. The number of esters is 1. The molecule has 0 unspecified atom stereocenters. The number of fused-ring (bicyclic) bond motifs is 3. The first-order chi connectivity index (χ1) is 20.3. The number of halogens is 2. The molecule has 0 N–H and O–H groups in total. The van der Waals surface area contributed by atoms with Crippen molar-refractivity contribution in [3.63, 3.8) is 0 Å². The molecule has 0 amide bonds. The molecule has 3 aromatic carbocycles. The van der Waals surface area contributed by atoms with E-state index in [0.717, 1.165) is 70.3 Å². The molecule has 3 aromatic rings. The van der Waals surface area contributed by atoms with E-state index in [-0.39, 0.29) is 36.0 Å². The molecule has 3 aliphatic heterocycles. The molecule has 0 aliphatic carbocycles. The van der Waals surface area contributed by atoms with E-state index in [9.17, 15) is 4.79 Å². The second-order valence-corrected chi connectivity index (χ2v) is 13.9. The van der Waals surface area contributed by atoms with Gasteiger partial charge < -0.3 is 25.9 Å². The van der Waals surface area contributed by atoms with Crippen molar-refractivity contribution in [2.45, 2.75) is 97.2 Å². The average Bonchev–Trinajstić information content (AvgIpc) is 2.96. The second kappa shape index (κ2) is 17.7. The minimum absolute atomic E-state index is 0. The van der Waals surface area contributed by atoms with Crippen molar-refractivity contribution in [1.29, 1.82) is 0 Å². The van der Waals surface area contributed by atoms with E-state index in [0.29, 0.717) is 12.2 Å². The van der Waals surface area contributed by atoms with Gasteiger partial charge in [-0.05, 0) is 107 Å². The Morgan fingerprint density at radius 2 is 1.20 bits per heavy atom. The van der Waals surface area contributed by atoms with Crippen molar-refractivity contribution in [3.05, 3.63) is 87.2 Å². The van der Waals surface area contributed by atoms with Crippen molar-refractivity contribution in [1.82, 2.24) is 0 Å². The molecule has 44 heavy (non-hydrogen) atoms. The summed E-state index contributed by atoms with van der Waals surface area (Å²) in [6.45, 7) is 14.2. The van der Waals surface area contributed by atoms with Gasteiger partial charge in [-0.1, -0.05) is 63.4 Å². The first-order valence-electron chi connectivity index (χ1n) is 15.0. The maximum atomic E-state index is 10.9. The van der Waals surface area contributed by atoms with Crippen molar-refractivity contribution in [3.8, 4) is 23.0 Å². The first-order valence-corrected chi connectivity index (χ1v) is 16.5. The van der Waals surface area contributed by atoms with Crippen molar-refractivity contribution in [2.24, 2.45) is 0 Å². The Kier molecular flexibility index (Phi) is 15.4. The molecule has 0 spiro atoms. The molecule has 0 saturated heterocycles. The van der Waals surface area contributed by atoms with Crippen LogP contribution < -0.4 is 37.8 Å². The Bertz CT molecular complexity index is 1370. The summed E-state index contributed by atoms with van der Waals surface area (Å²) in [6, 6.07) is 18.1. The number of carbonyl (C=O) groups excluding carboxylic acids is 1. The molecule has 0 aromatic heterocycles. The first kappa shape index (κ1) is 38.3. The van der Waals surface area contributed by atoms with Gasteiger partial charge in [-0.2, -0.15) is 6.42 Å². The molecule has 3 aliphatic rings. The molecule has 8 heteroatoms. The maximum Gasteiger partial charge on any atom is 1.00 e. The molecule has 6 rings (SSSR count). The SMILES string of the molecule is CC1(C)CCc2ccc(Br)cc2O1.COc1ccc2c(c1)OC(C)(C)CC2.O=C1CCc2ccc(Br)cc2O1.[CH2-]CCC.[Li+]. The Morgan fingerprint density at radius 1 is 0.750 bits per heavy atom. The minimum Gasteiger partial charge on any atom is -0.497 e. The van der Waals surface area contributed by atoms with Gasteiger partial charge in [0.1, 0.15) is 34.2 Å². The predicted octanol–water partition coefficient (Wildman–Crippen LogP) is 7.28. The largest absolute Gasteiger partial charge is 1.00 e. The molecule has 5 nitrogen and oxygen atoms in total. The minimum atomic E-state index is -0.138. The Hall–Kier alpha value is -1.91. The Labute approximate surface area is 293 Å². The number of rotatable bonds is 2. The zero-order valence-electron chi connectivity index (χ0n) is 27.4. The van der Waals surface area contributed by atoms with Crippen LogP contribution in [0.5, 0.6) is 23.0 Å². The standard InChI is InChI=1S/C12H16O2.C11H13BrO.C9H7BrO2.C4H9.Li/c1-12(2)7-6-9-4-5-10(13-3)8-11(9)14-12;1-11(2)6-5-8-3-4-9(12)7-10(8)13-11;10-7-3-1-6-2-4-9(11)12-8(6)5-7;1-3-4-2;/h4-5,8H,6-7H2,1-3H3;3-4,7H,5-6H2,1-2H3;1,3,5H,2,4H2;1,3-4H2,2H3;/q;;;-1;+1. The number of hydrogen-bond acceptors (Lipinski definition) is 5. The number of unbranched alkanes of at least 4 members (excludes halogenated alkanes) is 1. The smallest absolute Gasteiger partial charge is 0.497 e. The molecule has 0 bridgehead atoms. The quantitative estimate of drug-likeness (QED) is 0.121. The number of hydrogen-bond donors (Lipinski definition) is 0. The van der Waals surface area contributed by atoms with E-state index in [4.69, 9.17) is 18.9 Å². The normalized spacial score (nSPS) is 16.2. The van der Waals surface area contributed by atoms with Gasteiger partial charge in [0.25, 0.3) is 0 Å². The van der Waals surface area contributed by atoms with Gasteiger partial charge in [0.05, 0.1) is 13.5 Å². The average molecular weight is 725 g/mol. The molecular weight excluding hydrogens is 679 g/mol. The summed E-state index contributed by atoms with van der Waals surface area (Å²) in [6.07, 6.45) is 7.95. The van der Waals surface area contributed by atoms with E-state index < -0.39 is 0 Å². The van der Waals surface area contributed by atoms with Crippen LogP contribution in [0.2, 0.25) is 0 Å². The summed E-state index contributed by atoms with van der Waals surface area (Å²) in [5.41, 5.74) is 3.66. The Morgan fingerprint density at radius 3 is 1.70 bits per heavy atom. The van der Waals surface area contributed by atoms with Crippen molar-refractivity contribution >= 4 is 37.8 Å². The van der Waals surface area contributed by atoms with Gasteiger partial charge in [-0.25, -0.2) is 0 Å². The van der Waals surface area contributed by atoms with E-state index in [1.807, 2.05) is 30.3 Å². The summed E-state index contributed by atoms with van der Waals surface area (Å²) in [5.74, 6) is 3.42. The number of benzene rings is 3. The predicted molar refractivity (Wildman–Crippen MR) is 182 cm³/mol. The van der Waals surface area contributed by atoms with Crippen molar-refractivity contribution in [2.75, 3.05) is 7.11 Å². The third-order valence-corrected chi connectivity index (χ3v) is 8.26. The van der Waals surface area contributed by atoms with E-state index in [2.05, 4.69) is 97.7 Å². The van der Waals surface area contributed by atoms with Crippen molar-refractivity contribution < 1.29 is 42.6 Å². The third-order valence-electron chi connectivity index (χ3n) is 7.27. The Balaban J connectivity index is 0.000000215. The van der Waals surface area contributed by atoms with Gasteiger partial charge in [-0.15, -0.1) is 0 Å². The van der Waals surface area contributed by atoms with Gasteiger partial charge in [-0.3, -0.25) is 4.79 Å². The fourth-order valence-electron chi connectivity index (χ4n) is 4.60. The molecule has 0 atom stereocenters. The van der Waals surface area contributed by atoms with E-state index in [1.54, 1.807) is 7.11 Å². The summed E-state index contributed by atoms with van der Waals surface area (Å²) in [5, 5.41) is 0. The van der Waals surface area contributed by atoms with E-state index in [1.165, 1.54) is 17.5 Å². The number of ether oxygens (including phenoxy) is 4. The molecule has 0 fully saturated rings. The van der Waals surface area contributed by atoms with Gasteiger partial charge >= 0.3 is 24.8 Å². The molecule has 3 heterocycles. The molecule has 0 saturated carbocycles. The summed E-state index contributed by atoms with van der Waals surface area (Å²) < 4.78 is 24.0. The van der Waals surface area contributed by atoms with Crippen LogP contribution in [0.4, 0.5) is 0 Å². The summed E-state index contributed by atoms with van der Waals surface area (Å²) >= 11 is 6.77. The zero-order valence-corrected chi connectivity index (χ0v) is 30.5. The fraction of sp³-hybridized carbons (Fsp3) is 0.444. The second-order valence-electron chi connectivity index (χ2n) is 12.0. The van der Waals surface area contributed by atoms with Crippen LogP contribution in [0, 0.1) is 6.92 Å². The van der Waals surface area contributed by atoms with Gasteiger partial charge in [0.2, 0.25) is 0 Å². The zero-order chi connectivity index (χ0) is 31.6. The van der Waals surface area contributed by atoms with Crippen LogP contribution in [0.25, 0.3) is 0 Å². The van der Waals surface area contributed by atoms with Gasteiger partial charge in [0, 0.05) is 15.0 Å². The van der Waals surface area contributed by atoms with Crippen LogP contribution in [0.15, 0.2) is 63.5 Å². The van der Waals surface area contributed by atoms with Crippen LogP contribution >= 0.6 is 31.9 Å². The summed E-state index contributed by atoms with van der Waals surface area (Å²) in [7, 11) is 1.68. The van der Waals surface area contributed by atoms with Crippen LogP contribution in [-0.2, 0) is 24.1 Å². The van der Waals surface area contributed by atoms with Crippen LogP contribution in [0.1, 0.15) is 83.4 Å². The molecule has 0 radical (unpaired) electrons. The topological polar surface area (TPSA) is 54.0 Å². The maximum absolute atomic E-state index is 10.9. The van der Waals surface area contributed by atoms with E-state index >= 15 is 0 Å². The van der Waals surface area contributed by atoms with Gasteiger partial charge in [0.15, 0.2) is 0 Å². The number of methoxy groups -OCH3 is 1. The van der Waals surface area contributed by atoms with Crippen LogP contribution in [-0.4, -0.2) is 24.3 Å². The monoisotopic (exact) mass is 722 g/mol. The summed E-state index contributed by atoms with van der Waals surface area (Å²) in [4.78, 5) is 10.9. The van der Waals surface area contributed by atoms with Crippen LogP contribution in [0.3, 0.4) is 0 Å². The molecular formula is C36H45Br2LiO5. The fourth-order valence-corrected chi connectivity index (χ4v) is 5.28. The molecule has 234 valence electrons. The number of carbonyl (C=O) groups is 1.